The Labute approximate surface area is 164 Å². The number of hydrogen-bond donors (Lipinski definition) is 0. The van der Waals surface area contributed by atoms with Crippen LogP contribution in [0.3, 0.4) is 0 Å². The maximum Gasteiger partial charge on any atom is 0.332 e. The summed E-state index contributed by atoms with van der Waals surface area (Å²) >= 11 is 0. The third-order valence-corrected chi connectivity index (χ3v) is 5.81. The van der Waals surface area contributed by atoms with Gasteiger partial charge in [-0.3, -0.25) is 13.9 Å². The Morgan fingerprint density at radius 2 is 1.82 bits per heavy atom. The number of pyridine rings is 1. The van der Waals surface area contributed by atoms with Gasteiger partial charge < -0.3 is 4.90 Å². The first kappa shape index (κ1) is 18.6. The fourth-order valence-electron chi connectivity index (χ4n) is 4.13. The molecule has 0 N–H and O–H groups in total. The van der Waals surface area contributed by atoms with Crippen LogP contribution in [0.15, 0.2) is 52.1 Å². The number of aryl methyl sites for hydroxylation is 1. The van der Waals surface area contributed by atoms with Crippen LogP contribution in [0.4, 0.5) is 0 Å². The first-order valence-electron chi connectivity index (χ1n) is 9.87. The summed E-state index contributed by atoms with van der Waals surface area (Å²) < 4.78 is 2.60. The zero-order valence-electron chi connectivity index (χ0n) is 16.5. The van der Waals surface area contributed by atoms with E-state index in [1.165, 1.54) is 17.2 Å². The summed E-state index contributed by atoms with van der Waals surface area (Å²) in [6, 6.07) is 14.3. The van der Waals surface area contributed by atoms with Gasteiger partial charge >= 0.3 is 5.69 Å². The SMILES string of the molecule is Cn1c(=O)c2ccc(C3CCCN(CCc4ccccc4)C3)nc2n(C)c1=O. The summed E-state index contributed by atoms with van der Waals surface area (Å²) in [4.78, 5) is 31.8. The standard InChI is InChI=1S/C22H26N4O2/c1-24-20-18(21(27)25(2)22(24)28)10-11-19(23-20)17-9-6-13-26(15-17)14-12-16-7-4-3-5-8-16/h3-5,7-8,10-11,17H,6,9,12-15H2,1-2H3. The quantitative estimate of drug-likeness (QED) is 0.697. The lowest BCUT2D eigenvalue weighted by molar-refractivity contribution is 0.208. The number of nitrogens with zero attached hydrogens (tertiary/aromatic N) is 4. The molecule has 0 saturated carbocycles. The number of fused-ring (bicyclic) bond motifs is 1. The predicted molar refractivity (Wildman–Crippen MR) is 111 cm³/mol. The van der Waals surface area contributed by atoms with Crippen molar-refractivity contribution in [3.05, 3.63) is 74.6 Å². The van der Waals surface area contributed by atoms with Gasteiger partial charge in [-0.1, -0.05) is 30.3 Å². The highest BCUT2D eigenvalue weighted by Crippen LogP contribution is 2.26. The van der Waals surface area contributed by atoms with Crippen LogP contribution in [0.2, 0.25) is 0 Å². The fraction of sp³-hybridized carbons (Fsp3) is 0.409. The molecule has 4 rings (SSSR count). The highest BCUT2D eigenvalue weighted by molar-refractivity contribution is 5.74. The molecule has 0 spiro atoms. The molecule has 6 nitrogen and oxygen atoms in total. The fourth-order valence-corrected chi connectivity index (χ4v) is 4.13. The normalized spacial score (nSPS) is 17.9. The molecule has 28 heavy (non-hydrogen) atoms. The highest BCUT2D eigenvalue weighted by Gasteiger charge is 2.23. The second-order valence-corrected chi connectivity index (χ2v) is 7.69. The minimum atomic E-state index is -0.338. The Morgan fingerprint density at radius 3 is 2.61 bits per heavy atom. The molecule has 1 aromatic carbocycles. The van der Waals surface area contributed by atoms with Gasteiger partial charge in [0.2, 0.25) is 0 Å². The predicted octanol–water partition coefficient (Wildman–Crippen LogP) is 2.05. The van der Waals surface area contributed by atoms with E-state index < -0.39 is 0 Å². The molecular formula is C22H26N4O2. The van der Waals surface area contributed by atoms with E-state index in [4.69, 9.17) is 4.98 Å². The first-order chi connectivity index (χ1) is 13.5. The third-order valence-electron chi connectivity index (χ3n) is 5.81. The average Bonchev–Trinajstić information content (AvgIpc) is 2.75. The molecule has 0 amide bonds. The van der Waals surface area contributed by atoms with Crippen molar-refractivity contribution in [2.75, 3.05) is 19.6 Å². The minimum absolute atomic E-state index is 0.287. The van der Waals surface area contributed by atoms with Gasteiger partial charge in [0.05, 0.1) is 5.39 Å². The number of hydrogen-bond acceptors (Lipinski definition) is 4. The van der Waals surface area contributed by atoms with E-state index in [1.807, 2.05) is 18.2 Å². The first-order valence-corrected chi connectivity index (χ1v) is 9.87. The Balaban J connectivity index is 1.56. The van der Waals surface area contributed by atoms with Gasteiger partial charge in [-0.2, -0.15) is 0 Å². The van der Waals surface area contributed by atoms with Crippen LogP contribution in [0, 0.1) is 0 Å². The zero-order valence-corrected chi connectivity index (χ0v) is 16.5. The molecule has 1 atom stereocenters. The highest BCUT2D eigenvalue weighted by atomic mass is 16.2. The van der Waals surface area contributed by atoms with Crippen LogP contribution in [0.5, 0.6) is 0 Å². The monoisotopic (exact) mass is 378 g/mol. The summed E-state index contributed by atoms with van der Waals surface area (Å²) in [6.45, 7) is 3.10. The van der Waals surface area contributed by atoms with Crippen molar-refractivity contribution in [3.63, 3.8) is 0 Å². The molecular weight excluding hydrogens is 352 g/mol. The van der Waals surface area contributed by atoms with Crippen molar-refractivity contribution in [1.82, 2.24) is 19.0 Å². The molecule has 146 valence electrons. The molecule has 6 heteroatoms. The van der Waals surface area contributed by atoms with Gasteiger partial charge in [0.15, 0.2) is 0 Å². The van der Waals surface area contributed by atoms with Crippen LogP contribution in [0.25, 0.3) is 11.0 Å². The van der Waals surface area contributed by atoms with Crippen molar-refractivity contribution >= 4 is 11.0 Å². The molecule has 0 bridgehead atoms. The summed E-state index contributed by atoms with van der Waals surface area (Å²) in [5.74, 6) is 0.327. The summed E-state index contributed by atoms with van der Waals surface area (Å²) in [5.41, 5.74) is 2.19. The molecule has 0 aliphatic carbocycles. The van der Waals surface area contributed by atoms with Gasteiger partial charge in [-0.25, -0.2) is 9.78 Å². The molecule has 3 heterocycles. The number of aromatic nitrogens is 3. The van der Waals surface area contributed by atoms with Gasteiger partial charge in [-0.15, -0.1) is 0 Å². The smallest absolute Gasteiger partial charge is 0.302 e. The van der Waals surface area contributed by atoms with Gasteiger partial charge in [0.1, 0.15) is 5.65 Å². The second kappa shape index (κ2) is 7.72. The van der Waals surface area contributed by atoms with E-state index in [-0.39, 0.29) is 11.2 Å². The Bertz CT molecular complexity index is 1100. The topological polar surface area (TPSA) is 60.1 Å². The van der Waals surface area contributed by atoms with Crippen LogP contribution < -0.4 is 11.2 Å². The van der Waals surface area contributed by atoms with Gasteiger partial charge in [0, 0.05) is 38.8 Å². The van der Waals surface area contributed by atoms with E-state index in [0.29, 0.717) is 17.0 Å². The van der Waals surface area contributed by atoms with Crippen LogP contribution in [0.1, 0.15) is 30.0 Å². The Hall–Kier alpha value is -2.73. The Kier molecular flexibility index (Phi) is 5.13. The minimum Gasteiger partial charge on any atom is -0.302 e. The van der Waals surface area contributed by atoms with Crippen molar-refractivity contribution in [2.24, 2.45) is 14.1 Å². The van der Waals surface area contributed by atoms with E-state index in [0.717, 1.165) is 49.2 Å². The average molecular weight is 378 g/mol. The van der Waals surface area contributed by atoms with Gasteiger partial charge in [0.25, 0.3) is 5.56 Å². The van der Waals surface area contributed by atoms with Crippen molar-refractivity contribution in [2.45, 2.75) is 25.2 Å². The summed E-state index contributed by atoms with van der Waals surface area (Å²) in [6.07, 6.45) is 3.26. The Morgan fingerprint density at radius 1 is 1.04 bits per heavy atom. The maximum absolute atomic E-state index is 12.4. The van der Waals surface area contributed by atoms with Crippen LogP contribution >= 0.6 is 0 Å². The second-order valence-electron chi connectivity index (χ2n) is 7.69. The van der Waals surface area contributed by atoms with E-state index in [9.17, 15) is 9.59 Å². The largest absolute Gasteiger partial charge is 0.332 e. The van der Waals surface area contributed by atoms with Crippen LogP contribution in [-0.2, 0) is 20.5 Å². The molecule has 3 aromatic rings. The molecule has 0 radical (unpaired) electrons. The molecule has 1 aliphatic rings. The van der Waals surface area contributed by atoms with E-state index in [1.54, 1.807) is 7.05 Å². The van der Waals surface area contributed by atoms with Crippen molar-refractivity contribution in [3.8, 4) is 0 Å². The molecule has 1 unspecified atom stereocenters. The van der Waals surface area contributed by atoms with E-state index >= 15 is 0 Å². The number of benzene rings is 1. The lowest BCUT2D eigenvalue weighted by Crippen LogP contribution is -2.38. The molecule has 2 aromatic heterocycles. The van der Waals surface area contributed by atoms with Crippen molar-refractivity contribution in [1.29, 1.82) is 0 Å². The maximum atomic E-state index is 12.4. The number of likely N-dealkylation sites (tertiary alicyclic amines) is 1. The zero-order chi connectivity index (χ0) is 19.7. The summed E-state index contributed by atoms with van der Waals surface area (Å²) in [5, 5.41) is 0.491. The summed E-state index contributed by atoms with van der Waals surface area (Å²) in [7, 11) is 3.18. The van der Waals surface area contributed by atoms with E-state index in [2.05, 4.69) is 29.2 Å². The number of rotatable bonds is 4. The molecule has 1 saturated heterocycles. The lowest BCUT2D eigenvalue weighted by atomic mass is 9.93. The van der Waals surface area contributed by atoms with Gasteiger partial charge in [-0.05, 0) is 43.5 Å². The third kappa shape index (κ3) is 3.52. The molecule has 1 fully saturated rings. The lowest BCUT2D eigenvalue weighted by Gasteiger charge is -2.32. The number of piperidine rings is 1. The molecule has 1 aliphatic heterocycles. The van der Waals surface area contributed by atoms with Crippen molar-refractivity contribution < 1.29 is 0 Å². The van der Waals surface area contributed by atoms with Crippen LogP contribution in [-0.4, -0.2) is 38.7 Å².